The fourth-order valence-electron chi connectivity index (χ4n) is 2.54. The molecule has 0 amide bonds. The lowest BCUT2D eigenvalue weighted by atomic mass is 10.1. The summed E-state index contributed by atoms with van der Waals surface area (Å²) < 4.78 is 4.07. The maximum Gasteiger partial charge on any atom is 0.382 e. The Hall–Kier alpha value is -0.210. The average Bonchev–Trinajstić information content (AvgIpc) is 2.75. The van der Waals surface area contributed by atoms with Crippen molar-refractivity contribution in [3.63, 3.8) is 0 Å². The van der Waals surface area contributed by atoms with E-state index in [1.165, 1.54) is 0 Å². The van der Waals surface area contributed by atoms with Gasteiger partial charge in [-0.15, -0.1) is 0 Å². The maximum atomic E-state index is 11.1. The molecule has 1 fully saturated rings. The first kappa shape index (κ1) is 15.2. The van der Waals surface area contributed by atoms with Crippen LogP contribution < -0.4 is 0 Å². The Morgan fingerprint density at radius 2 is 2.37 bits per heavy atom. The summed E-state index contributed by atoms with van der Waals surface area (Å²) in [6, 6.07) is 0. The van der Waals surface area contributed by atoms with E-state index < -0.39 is 8.28 Å². The smallest absolute Gasteiger partial charge is 0.378 e. The summed E-state index contributed by atoms with van der Waals surface area (Å²) in [5.74, 6) is 0.879. The predicted octanol–water partition coefficient (Wildman–Crippen LogP) is 2.24. The second-order valence-electron chi connectivity index (χ2n) is 5.05. The van der Waals surface area contributed by atoms with Crippen LogP contribution in [0.4, 0.5) is 0 Å². The van der Waals surface area contributed by atoms with Crippen LogP contribution in [0.3, 0.4) is 0 Å². The van der Waals surface area contributed by atoms with Crippen LogP contribution in [0.5, 0.6) is 0 Å². The van der Waals surface area contributed by atoms with E-state index in [0.29, 0.717) is 18.3 Å². The van der Waals surface area contributed by atoms with Crippen LogP contribution in [0.15, 0.2) is 4.99 Å². The maximum absolute atomic E-state index is 11.1. The summed E-state index contributed by atoms with van der Waals surface area (Å²) in [4.78, 5) is 17.1. The Balaban J connectivity index is 2.08. The number of amidine groups is 1. The third kappa shape index (κ3) is 3.46. The third-order valence-corrected chi connectivity index (χ3v) is 4.69. The molecule has 0 aliphatic carbocycles. The second kappa shape index (κ2) is 6.05. The van der Waals surface area contributed by atoms with Gasteiger partial charge in [-0.05, 0) is 19.8 Å². The van der Waals surface area contributed by atoms with Gasteiger partial charge in [-0.3, -0.25) is 15.1 Å². The van der Waals surface area contributed by atoms with E-state index >= 15 is 0 Å². The number of alkyl halides is 2. The number of nitro groups is 1. The summed E-state index contributed by atoms with van der Waals surface area (Å²) in [5.41, 5.74) is 0. The van der Waals surface area contributed by atoms with Gasteiger partial charge in [0.25, 0.3) is 0 Å². The van der Waals surface area contributed by atoms with E-state index in [4.69, 9.17) is 4.74 Å². The topological polar surface area (TPSA) is 68.0 Å². The predicted molar refractivity (Wildman–Crippen MR) is 79.6 cm³/mol. The molecule has 0 N–H and O–H groups in total. The Morgan fingerprint density at radius 3 is 2.95 bits per heavy atom. The van der Waals surface area contributed by atoms with Gasteiger partial charge in [-0.1, -0.05) is 0 Å². The number of ether oxygens (including phenoxy) is 1. The van der Waals surface area contributed by atoms with Crippen molar-refractivity contribution in [2.24, 2.45) is 10.9 Å². The van der Waals surface area contributed by atoms with Crippen molar-refractivity contribution in [3.05, 3.63) is 10.1 Å². The molecule has 2 unspecified atom stereocenters. The zero-order valence-corrected chi connectivity index (χ0v) is 13.9. The molecule has 108 valence electrons. The second-order valence-corrected chi connectivity index (χ2v) is 8.41. The van der Waals surface area contributed by atoms with Gasteiger partial charge in [-0.2, -0.15) is 0 Å². The van der Waals surface area contributed by atoms with Crippen molar-refractivity contribution in [2.75, 3.05) is 26.2 Å². The van der Waals surface area contributed by atoms with Crippen LogP contribution in [0, 0.1) is 16.0 Å². The molecular weight excluding hydrogens is 382 g/mol. The van der Waals surface area contributed by atoms with Crippen molar-refractivity contribution in [3.8, 4) is 0 Å². The van der Waals surface area contributed by atoms with E-state index in [1.54, 1.807) is 0 Å². The molecule has 0 aromatic carbocycles. The van der Waals surface area contributed by atoms with E-state index in [-0.39, 0.29) is 6.10 Å². The molecule has 6 nitrogen and oxygen atoms in total. The Bertz CT molecular complexity index is 389. The number of halogens is 2. The quantitative estimate of drug-likeness (QED) is 0.315. The molecule has 8 heteroatoms. The van der Waals surface area contributed by atoms with Crippen LogP contribution >= 0.6 is 31.9 Å². The molecule has 0 aromatic rings. The van der Waals surface area contributed by atoms with Crippen molar-refractivity contribution >= 4 is 37.7 Å². The van der Waals surface area contributed by atoms with Crippen LogP contribution in [0.2, 0.25) is 0 Å². The first-order valence-corrected chi connectivity index (χ1v) is 7.93. The zero-order valence-electron chi connectivity index (χ0n) is 10.7. The molecule has 2 rings (SSSR count). The lowest BCUT2D eigenvalue weighted by Gasteiger charge is -2.33. The number of hydrogen-bond donors (Lipinski definition) is 0. The zero-order chi connectivity index (χ0) is 14.0. The highest BCUT2D eigenvalue weighted by atomic mass is 79.9. The Kier molecular flexibility index (Phi) is 4.84. The fraction of sp³-hybridized carbons (Fsp3) is 0.909. The average molecular weight is 399 g/mol. The summed E-state index contributed by atoms with van der Waals surface area (Å²) >= 11 is 6.25. The molecule has 0 spiro atoms. The van der Waals surface area contributed by atoms with Gasteiger partial charge in [0, 0.05) is 57.4 Å². The van der Waals surface area contributed by atoms with Gasteiger partial charge in [0.05, 0.1) is 17.6 Å². The summed E-state index contributed by atoms with van der Waals surface area (Å²) in [7, 11) is 0. The molecule has 0 radical (unpaired) electrons. The standard InChI is InChI=1S/C11H17Br2N3O3/c1-8-5-9(7-19-8)6-15-4-2-3-14-10(15)11(12,13)16(17)18/h8-9H,2-7H2,1H3. The van der Waals surface area contributed by atoms with Crippen molar-refractivity contribution in [1.82, 2.24) is 4.90 Å². The Morgan fingerprint density at radius 1 is 1.63 bits per heavy atom. The lowest BCUT2D eigenvalue weighted by Crippen LogP contribution is -2.50. The number of hydrogen-bond acceptors (Lipinski definition) is 5. The minimum absolute atomic E-state index is 0.281. The molecule has 19 heavy (non-hydrogen) atoms. The largest absolute Gasteiger partial charge is 0.382 e. The summed E-state index contributed by atoms with van der Waals surface area (Å²) in [6.07, 6.45) is 2.21. The van der Waals surface area contributed by atoms with Gasteiger partial charge in [-0.25, -0.2) is 0 Å². The number of aliphatic imine (C=N–C) groups is 1. The monoisotopic (exact) mass is 397 g/mol. The van der Waals surface area contributed by atoms with E-state index in [9.17, 15) is 10.1 Å². The van der Waals surface area contributed by atoms with E-state index in [1.807, 2.05) is 4.90 Å². The highest BCUT2D eigenvalue weighted by Crippen LogP contribution is 2.33. The fourth-order valence-corrected chi connectivity index (χ4v) is 3.29. The van der Waals surface area contributed by atoms with Gasteiger partial charge in [0.15, 0.2) is 0 Å². The van der Waals surface area contributed by atoms with Crippen LogP contribution in [-0.4, -0.2) is 51.4 Å². The highest BCUT2D eigenvalue weighted by molar-refractivity contribution is 9.25. The van der Waals surface area contributed by atoms with E-state index in [0.717, 1.165) is 32.5 Å². The first-order valence-electron chi connectivity index (χ1n) is 6.35. The minimum atomic E-state index is -1.48. The van der Waals surface area contributed by atoms with Crippen LogP contribution in [0.25, 0.3) is 0 Å². The van der Waals surface area contributed by atoms with Crippen LogP contribution in [-0.2, 0) is 4.74 Å². The van der Waals surface area contributed by atoms with Gasteiger partial charge in [0.1, 0.15) is 0 Å². The normalized spacial score (nSPS) is 28.4. The van der Waals surface area contributed by atoms with Crippen molar-refractivity contribution < 1.29 is 9.66 Å². The van der Waals surface area contributed by atoms with Gasteiger partial charge in [0.2, 0.25) is 5.84 Å². The van der Waals surface area contributed by atoms with Gasteiger partial charge < -0.3 is 9.64 Å². The molecule has 2 heterocycles. The summed E-state index contributed by atoms with van der Waals surface area (Å²) in [5, 5.41) is 11.1. The molecule has 0 aromatic heterocycles. The third-order valence-electron chi connectivity index (χ3n) is 3.41. The highest BCUT2D eigenvalue weighted by Gasteiger charge is 2.47. The number of nitrogens with zero attached hydrogens (tertiary/aromatic N) is 3. The molecule has 0 saturated carbocycles. The molecule has 2 aliphatic rings. The molecule has 2 aliphatic heterocycles. The minimum Gasteiger partial charge on any atom is -0.378 e. The van der Waals surface area contributed by atoms with E-state index in [2.05, 4.69) is 43.8 Å². The molecular formula is C11H17Br2N3O3. The molecule has 1 saturated heterocycles. The summed E-state index contributed by atoms with van der Waals surface area (Å²) in [6.45, 7) is 4.98. The van der Waals surface area contributed by atoms with Crippen molar-refractivity contribution in [1.29, 1.82) is 0 Å². The first-order chi connectivity index (χ1) is 8.91. The van der Waals surface area contributed by atoms with Crippen LogP contribution in [0.1, 0.15) is 19.8 Å². The Labute approximate surface area is 129 Å². The lowest BCUT2D eigenvalue weighted by molar-refractivity contribution is -0.487. The molecule has 2 atom stereocenters. The SMILES string of the molecule is CC1CC(CN2CCCN=C2C(Br)(Br)[N+](=O)[O-])CO1. The molecule has 0 bridgehead atoms. The number of rotatable bonds is 4. The van der Waals surface area contributed by atoms with Gasteiger partial charge >= 0.3 is 3.36 Å². The van der Waals surface area contributed by atoms with Crippen molar-refractivity contribution in [2.45, 2.75) is 29.2 Å².